The zero-order valence-electron chi connectivity index (χ0n) is 11.9. The number of hydrogen-bond acceptors (Lipinski definition) is 7. The van der Waals surface area contributed by atoms with E-state index in [1.54, 1.807) is 6.92 Å². The number of hydrogen-bond donors (Lipinski definition) is 0. The topological polar surface area (TPSA) is 127 Å². The van der Waals surface area contributed by atoms with E-state index in [1.165, 1.54) is 0 Å². The first-order valence-electron chi connectivity index (χ1n) is 6.46. The van der Waals surface area contributed by atoms with Crippen molar-refractivity contribution in [3.8, 4) is 0 Å². The highest BCUT2D eigenvalue weighted by Crippen LogP contribution is 2.24. The summed E-state index contributed by atoms with van der Waals surface area (Å²) in [5.74, 6) is -3.14. The van der Waals surface area contributed by atoms with Crippen LogP contribution in [0.1, 0.15) is 6.92 Å². The number of amides is 4. The van der Waals surface area contributed by atoms with Gasteiger partial charge in [-0.15, -0.1) is 0 Å². The first kappa shape index (κ1) is 16.1. The largest absolute Gasteiger partial charge is 0.465 e. The van der Waals surface area contributed by atoms with Crippen LogP contribution in [-0.4, -0.2) is 46.8 Å². The predicted octanol–water partition coefficient (Wildman–Crippen LogP) is 0.453. The number of ether oxygens (including phenoxy) is 1. The average molecular weight is 321 g/mol. The molecule has 0 spiro atoms. The minimum atomic E-state index is -1.17. The SMILES string of the molecule is CCOC(=O)CN1C(=O)C(=O)N(c2ccc([N+](=O)[O-])cc2)C1=O. The van der Waals surface area contributed by atoms with Crippen LogP contribution in [0.25, 0.3) is 0 Å². The summed E-state index contributed by atoms with van der Waals surface area (Å²) in [6.45, 7) is 0.940. The van der Waals surface area contributed by atoms with Crippen LogP contribution in [0, 0.1) is 10.1 Å². The molecule has 0 aliphatic carbocycles. The molecular formula is C13H11N3O7. The second-order valence-corrected chi connectivity index (χ2v) is 4.39. The fourth-order valence-electron chi connectivity index (χ4n) is 1.93. The lowest BCUT2D eigenvalue weighted by atomic mass is 10.2. The molecule has 10 nitrogen and oxygen atoms in total. The third-order valence-electron chi connectivity index (χ3n) is 2.96. The molecule has 1 aromatic rings. The summed E-state index contributed by atoms with van der Waals surface area (Å²) in [5, 5.41) is 10.6. The Balaban J connectivity index is 2.24. The van der Waals surface area contributed by atoms with Crippen LogP contribution in [0.5, 0.6) is 0 Å². The molecule has 0 saturated carbocycles. The number of non-ortho nitro benzene ring substituents is 1. The van der Waals surface area contributed by atoms with Gasteiger partial charge >= 0.3 is 23.8 Å². The number of rotatable bonds is 5. The molecule has 0 atom stereocenters. The van der Waals surface area contributed by atoms with Crippen LogP contribution in [0.3, 0.4) is 0 Å². The molecule has 1 aromatic carbocycles. The van der Waals surface area contributed by atoms with Crippen LogP contribution in [0.4, 0.5) is 16.2 Å². The lowest BCUT2D eigenvalue weighted by Gasteiger charge is -2.14. The lowest BCUT2D eigenvalue weighted by molar-refractivity contribution is -0.384. The number of anilines is 1. The summed E-state index contributed by atoms with van der Waals surface area (Å²) in [4.78, 5) is 58.2. The van der Waals surface area contributed by atoms with E-state index in [9.17, 15) is 29.3 Å². The Morgan fingerprint density at radius 2 is 1.78 bits per heavy atom. The first-order valence-corrected chi connectivity index (χ1v) is 6.46. The maximum atomic E-state index is 12.2. The monoisotopic (exact) mass is 321 g/mol. The summed E-state index contributed by atoms with van der Waals surface area (Å²) in [7, 11) is 0. The Kier molecular flexibility index (Phi) is 4.35. The number of carbonyl (C=O) groups excluding carboxylic acids is 4. The van der Waals surface area contributed by atoms with Gasteiger partial charge in [0.15, 0.2) is 0 Å². The van der Waals surface area contributed by atoms with Gasteiger partial charge in [0, 0.05) is 12.1 Å². The molecule has 1 heterocycles. The molecule has 120 valence electrons. The molecule has 1 aliphatic heterocycles. The Bertz CT molecular complexity index is 698. The Morgan fingerprint density at radius 1 is 1.17 bits per heavy atom. The number of esters is 1. The molecule has 4 amide bonds. The molecule has 0 unspecified atom stereocenters. The maximum Gasteiger partial charge on any atom is 0.339 e. The van der Waals surface area contributed by atoms with Gasteiger partial charge in [0.05, 0.1) is 17.2 Å². The highest BCUT2D eigenvalue weighted by Gasteiger charge is 2.46. The van der Waals surface area contributed by atoms with Crippen LogP contribution in [-0.2, 0) is 19.1 Å². The van der Waals surface area contributed by atoms with Crippen molar-refractivity contribution in [2.75, 3.05) is 18.1 Å². The van der Waals surface area contributed by atoms with Gasteiger partial charge in [-0.05, 0) is 19.1 Å². The van der Waals surface area contributed by atoms with Crippen molar-refractivity contribution in [2.24, 2.45) is 0 Å². The Hall–Kier alpha value is -3.30. The highest BCUT2D eigenvalue weighted by molar-refractivity contribution is 6.53. The third kappa shape index (κ3) is 3.00. The minimum absolute atomic E-state index is 0.00897. The number of carbonyl (C=O) groups is 4. The van der Waals surface area contributed by atoms with Gasteiger partial charge in [0.2, 0.25) is 0 Å². The zero-order valence-corrected chi connectivity index (χ0v) is 11.9. The van der Waals surface area contributed by atoms with Gasteiger partial charge in [-0.1, -0.05) is 0 Å². The zero-order chi connectivity index (χ0) is 17.1. The van der Waals surface area contributed by atoms with E-state index in [1.807, 2.05) is 0 Å². The molecule has 0 radical (unpaired) electrons. The average Bonchev–Trinajstić information content (AvgIpc) is 2.71. The van der Waals surface area contributed by atoms with Gasteiger partial charge < -0.3 is 4.74 Å². The second kappa shape index (κ2) is 6.22. The van der Waals surface area contributed by atoms with Gasteiger partial charge in [0.25, 0.3) is 5.69 Å². The first-order chi connectivity index (χ1) is 10.9. The van der Waals surface area contributed by atoms with E-state index in [0.29, 0.717) is 9.80 Å². The number of urea groups is 1. The van der Waals surface area contributed by atoms with Crippen LogP contribution in [0.2, 0.25) is 0 Å². The molecule has 1 fully saturated rings. The molecule has 23 heavy (non-hydrogen) atoms. The molecule has 0 aromatic heterocycles. The van der Waals surface area contributed by atoms with E-state index in [-0.39, 0.29) is 18.0 Å². The summed E-state index contributed by atoms with van der Waals surface area (Å²) < 4.78 is 4.63. The molecule has 1 aliphatic rings. The predicted molar refractivity (Wildman–Crippen MR) is 74.3 cm³/mol. The van der Waals surface area contributed by atoms with E-state index < -0.39 is 35.3 Å². The normalized spacial score (nSPS) is 14.4. The van der Waals surface area contributed by atoms with E-state index in [2.05, 4.69) is 4.74 Å². The van der Waals surface area contributed by atoms with Crippen molar-refractivity contribution < 1.29 is 28.8 Å². The van der Waals surface area contributed by atoms with Crippen LogP contribution < -0.4 is 4.90 Å². The smallest absolute Gasteiger partial charge is 0.339 e. The molecule has 0 N–H and O–H groups in total. The second-order valence-electron chi connectivity index (χ2n) is 4.39. The lowest BCUT2D eigenvalue weighted by Crippen LogP contribution is -2.37. The summed E-state index contributed by atoms with van der Waals surface area (Å²) in [6, 6.07) is 3.49. The molecule has 0 bridgehead atoms. The van der Waals surface area contributed by atoms with Crippen molar-refractivity contribution in [1.82, 2.24) is 4.90 Å². The van der Waals surface area contributed by atoms with Crippen LogP contribution in [0.15, 0.2) is 24.3 Å². The van der Waals surface area contributed by atoms with Crippen molar-refractivity contribution in [3.05, 3.63) is 34.4 Å². The van der Waals surface area contributed by atoms with Gasteiger partial charge in [0.1, 0.15) is 6.54 Å². The fourth-order valence-corrected chi connectivity index (χ4v) is 1.93. The molecule has 2 rings (SSSR count). The van der Waals surface area contributed by atoms with Crippen molar-refractivity contribution in [3.63, 3.8) is 0 Å². The number of benzene rings is 1. The van der Waals surface area contributed by atoms with E-state index >= 15 is 0 Å². The Morgan fingerprint density at radius 3 is 2.30 bits per heavy atom. The summed E-state index contributed by atoms with van der Waals surface area (Å²) >= 11 is 0. The summed E-state index contributed by atoms with van der Waals surface area (Å²) in [5.41, 5.74) is -0.243. The maximum absolute atomic E-state index is 12.2. The number of imide groups is 2. The number of nitro groups is 1. The standard InChI is InChI=1S/C13H11N3O7/c1-2-23-10(17)7-14-11(18)12(19)15(13(14)20)8-3-5-9(6-4-8)16(21)22/h3-6H,2,7H2,1H3. The van der Waals surface area contributed by atoms with Gasteiger partial charge in [-0.25, -0.2) is 14.6 Å². The van der Waals surface area contributed by atoms with Crippen molar-refractivity contribution in [2.45, 2.75) is 6.92 Å². The number of nitrogens with zero attached hydrogens (tertiary/aromatic N) is 3. The number of nitro benzene ring substituents is 1. The molecule has 10 heteroatoms. The minimum Gasteiger partial charge on any atom is -0.465 e. The highest BCUT2D eigenvalue weighted by atomic mass is 16.6. The van der Waals surface area contributed by atoms with Crippen molar-refractivity contribution >= 4 is 35.2 Å². The van der Waals surface area contributed by atoms with Crippen LogP contribution >= 0.6 is 0 Å². The third-order valence-corrected chi connectivity index (χ3v) is 2.96. The van der Waals surface area contributed by atoms with Gasteiger partial charge in [-0.2, -0.15) is 0 Å². The van der Waals surface area contributed by atoms with Crippen molar-refractivity contribution in [1.29, 1.82) is 0 Å². The van der Waals surface area contributed by atoms with E-state index in [0.717, 1.165) is 24.3 Å². The Labute approximate surface area is 129 Å². The van der Waals surface area contributed by atoms with E-state index in [4.69, 9.17) is 0 Å². The quantitative estimate of drug-likeness (QED) is 0.253. The summed E-state index contributed by atoms with van der Waals surface area (Å²) in [6.07, 6.45) is 0. The molecule has 1 saturated heterocycles. The van der Waals surface area contributed by atoms with Gasteiger partial charge in [-0.3, -0.25) is 24.5 Å². The fraction of sp³-hybridized carbons (Fsp3) is 0.231. The molecular weight excluding hydrogens is 310 g/mol.